The third kappa shape index (κ3) is 3.83. The number of aromatic nitrogens is 3. The Morgan fingerprint density at radius 2 is 1.85 bits per heavy atom. The first-order chi connectivity index (χ1) is 13.1. The third-order valence-corrected chi connectivity index (χ3v) is 5.43. The molecule has 4 aromatic rings. The Morgan fingerprint density at radius 1 is 1.07 bits per heavy atom. The van der Waals surface area contributed by atoms with E-state index in [9.17, 15) is 4.79 Å². The van der Waals surface area contributed by atoms with Crippen molar-refractivity contribution >= 4 is 39.1 Å². The Morgan fingerprint density at radius 3 is 2.56 bits per heavy atom. The zero-order valence-corrected chi connectivity index (χ0v) is 15.9. The van der Waals surface area contributed by atoms with E-state index in [2.05, 4.69) is 31.9 Å². The molecule has 0 aliphatic rings. The van der Waals surface area contributed by atoms with Crippen LogP contribution in [0.15, 0.2) is 48.5 Å². The lowest BCUT2D eigenvalue weighted by atomic mass is 10.1. The minimum Gasteiger partial charge on any atom is -0.308 e. The van der Waals surface area contributed by atoms with Crippen molar-refractivity contribution in [3.05, 3.63) is 70.4 Å². The number of aromatic amines is 1. The lowest BCUT2D eigenvalue weighted by molar-refractivity contribution is 0.262. The number of hydrogen-bond acceptors (Lipinski definition) is 4. The predicted molar refractivity (Wildman–Crippen MR) is 110 cm³/mol. The van der Waals surface area contributed by atoms with Crippen molar-refractivity contribution in [1.82, 2.24) is 15.2 Å². The number of fused-ring (bicyclic) bond motifs is 1. The summed E-state index contributed by atoms with van der Waals surface area (Å²) in [6, 6.07) is 15.6. The van der Waals surface area contributed by atoms with E-state index in [1.54, 1.807) is 11.3 Å². The van der Waals surface area contributed by atoms with Crippen molar-refractivity contribution in [2.45, 2.75) is 20.3 Å². The van der Waals surface area contributed by atoms with Gasteiger partial charge in [0.2, 0.25) is 0 Å². The smallest absolute Gasteiger partial charge is 0.308 e. The van der Waals surface area contributed by atoms with Crippen LogP contribution < -0.4 is 10.6 Å². The van der Waals surface area contributed by atoms with Crippen molar-refractivity contribution in [2.75, 3.05) is 10.6 Å². The van der Waals surface area contributed by atoms with E-state index in [0.29, 0.717) is 5.82 Å². The van der Waals surface area contributed by atoms with Gasteiger partial charge in [0.1, 0.15) is 0 Å². The minimum absolute atomic E-state index is 0.316. The van der Waals surface area contributed by atoms with Crippen molar-refractivity contribution in [1.29, 1.82) is 0 Å². The molecule has 2 amide bonds. The van der Waals surface area contributed by atoms with Gasteiger partial charge in [-0.25, -0.2) is 9.78 Å². The summed E-state index contributed by atoms with van der Waals surface area (Å²) in [5.74, 6) is 0.539. The Bertz CT molecular complexity index is 1060. The SMILES string of the molecule is Cc1[nH]nc(NC(=O)Nc2ccc(Cc3nc4ccccc4s3)cc2)c1C. The maximum atomic E-state index is 12.1. The summed E-state index contributed by atoms with van der Waals surface area (Å²) >= 11 is 1.71. The number of carbonyl (C=O) groups is 1. The standard InChI is InChI=1S/C20H19N5OS/c1-12-13(2)24-25-19(12)23-20(26)21-15-9-7-14(8-10-15)11-18-22-16-5-3-4-6-17(16)27-18/h3-10H,11H2,1-2H3,(H3,21,23,24,25,26). The third-order valence-electron chi connectivity index (χ3n) is 4.39. The van der Waals surface area contributed by atoms with Crippen LogP contribution in [-0.4, -0.2) is 21.2 Å². The second-order valence-corrected chi connectivity index (χ2v) is 7.47. The molecular weight excluding hydrogens is 358 g/mol. The van der Waals surface area contributed by atoms with Gasteiger partial charge < -0.3 is 5.32 Å². The van der Waals surface area contributed by atoms with Crippen LogP contribution >= 0.6 is 11.3 Å². The number of hydrogen-bond donors (Lipinski definition) is 3. The lowest BCUT2D eigenvalue weighted by Crippen LogP contribution is -2.20. The molecule has 4 rings (SSSR count). The molecule has 2 aromatic carbocycles. The monoisotopic (exact) mass is 377 g/mol. The highest BCUT2D eigenvalue weighted by atomic mass is 32.1. The lowest BCUT2D eigenvalue weighted by Gasteiger charge is -2.07. The first kappa shape index (κ1) is 17.2. The van der Waals surface area contributed by atoms with Crippen LogP contribution in [0.25, 0.3) is 10.2 Å². The van der Waals surface area contributed by atoms with Crippen molar-refractivity contribution in [3.63, 3.8) is 0 Å². The van der Waals surface area contributed by atoms with E-state index in [0.717, 1.165) is 39.5 Å². The molecule has 0 saturated heterocycles. The number of aryl methyl sites for hydroxylation is 1. The molecule has 0 aliphatic carbocycles. The Labute approximate surface area is 160 Å². The van der Waals surface area contributed by atoms with Crippen molar-refractivity contribution < 1.29 is 4.79 Å². The number of amides is 2. The van der Waals surface area contributed by atoms with E-state index in [4.69, 9.17) is 0 Å². The summed E-state index contributed by atoms with van der Waals surface area (Å²) in [6.07, 6.45) is 0.775. The molecular formula is C20H19N5OS. The van der Waals surface area contributed by atoms with Gasteiger partial charge in [-0.05, 0) is 43.7 Å². The second kappa shape index (κ2) is 7.20. The van der Waals surface area contributed by atoms with E-state index in [1.165, 1.54) is 4.70 Å². The fourth-order valence-electron chi connectivity index (χ4n) is 2.75. The van der Waals surface area contributed by atoms with E-state index in [-0.39, 0.29) is 6.03 Å². The zero-order valence-electron chi connectivity index (χ0n) is 15.0. The molecule has 0 aliphatic heterocycles. The van der Waals surface area contributed by atoms with Gasteiger partial charge in [-0.15, -0.1) is 11.3 Å². The molecule has 0 radical (unpaired) electrons. The number of anilines is 2. The molecule has 0 saturated carbocycles. The van der Waals surface area contributed by atoms with Crippen molar-refractivity contribution in [3.8, 4) is 0 Å². The zero-order chi connectivity index (χ0) is 18.8. The average Bonchev–Trinajstić information content (AvgIpc) is 3.21. The van der Waals surface area contributed by atoms with Gasteiger partial charge >= 0.3 is 6.03 Å². The number of rotatable bonds is 4. The highest BCUT2D eigenvalue weighted by molar-refractivity contribution is 7.18. The summed E-state index contributed by atoms with van der Waals surface area (Å²) in [7, 11) is 0. The fraction of sp³-hybridized carbons (Fsp3) is 0.150. The molecule has 2 aromatic heterocycles. The molecule has 6 nitrogen and oxygen atoms in total. The van der Waals surface area contributed by atoms with Crippen LogP contribution in [0, 0.1) is 13.8 Å². The van der Waals surface area contributed by atoms with Gasteiger partial charge in [0, 0.05) is 23.4 Å². The number of H-pyrrole nitrogens is 1. The van der Waals surface area contributed by atoms with E-state index in [1.807, 2.05) is 56.3 Å². The van der Waals surface area contributed by atoms with Crippen LogP contribution in [0.2, 0.25) is 0 Å². The number of para-hydroxylation sites is 1. The Balaban J connectivity index is 1.39. The van der Waals surface area contributed by atoms with E-state index < -0.39 is 0 Å². The highest BCUT2D eigenvalue weighted by Crippen LogP contribution is 2.24. The number of urea groups is 1. The highest BCUT2D eigenvalue weighted by Gasteiger charge is 2.10. The first-order valence-electron chi connectivity index (χ1n) is 8.61. The number of nitrogens with zero attached hydrogens (tertiary/aromatic N) is 2. The average molecular weight is 377 g/mol. The normalized spacial score (nSPS) is 10.9. The predicted octanol–water partition coefficient (Wildman–Crippen LogP) is 4.87. The van der Waals surface area contributed by atoms with Crippen LogP contribution in [0.5, 0.6) is 0 Å². The Kier molecular flexibility index (Phi) is 4.60. The molecule has 0 fully saturated rings. The minimum atomic E-state index is -0.316. The van der Waals surface area contributed by atoms with E-state index >= 15 is 0 Å². The quantitative estimate of drug-likeness (QED) is 0.474. The largest absolute Gasteiger partial charge is 0.324 e. The van der Waals surface area contributed by atoms with Crippen LogP contribution in [0.4, 0.5) is 16.3 Å². The molecule has 0 atom stereocenters. The van der Waals surface area contributed by atoms with Gasteiger partial charge in [-0.1, -0.05) is 24.3 Å². The number of carbonyl (C=O) groups excluding carboxylic acids is 1. The van der Waals surface area contributed by atoms with Gasteiger partial charge in [0.25, 0.3) is 0 Å². The van der Waals surface area contributed by atoms with Crippen LogP contribution in [0.3, 0.4) is 0 Å². The Hall–Kier alpha value is -3.19. The van der Waals surface area contributed by atoms with Gasteiger partial charge in [0.05, 0.1) is 15.2 Å². The van der Waals surface area contributed by atoms with Crippen LogP contribution in [-0.2, 0) is 6.42 Å². The molecule has 0 spiro atoms. The van der Waals surface area contributed by atoms with Gasteiger partial charge in [0.15, 0.2) is 5.82 Å². The number of benzene rings is 2. The summed E-state index contributed by atoms with van der Waals surface area (Å²) in [5.41, 5.74) is 4.78. The molecule has 3 N–H and O–H groups in total. The molecule has 7 heteroatoms. The molecule has 0 unspecified atom stereocenters. The summed E-state index contributed by atoms with van der Waals surface area (Å²) in [6.45, 7) is 3.82. The van der Waals surface area contributed by atoms with Gasteiger partial charge in [-0.2, -0.15) is 5.10 Å². The van der Waals surface area contributed by atoms with Gasteiger partial charge in [-0.3, -0.25) is 10.4 Å². The maximum absolute atomic E-state index is 12.1. The second-order valence-electron chi connectivity index (χ2n) is 6.35. The number of nitrogens with one attached hydrogen (secondary N) is 3. The first-order valence-corrected chi connectivity index (χ1v) is 9.43. The molecule has 2 heterocycles. The fourth-order valence-corrected chi connectivity index (χ4v) is 3.75. The molecule has 27 heavy (non-hydrogen) atoms. The van der Waals surface area contributed by atoms with Crippen molar-refractivity contribution in [2.24, 2.45) is 0 Å². The molecule has 136 valence electrons. The maximum Gasteiger partial charge on any atom is 0.324 e. The topological polar surface area (TPSA) is 82.7 Å². The summed E-state index contributed by atoms with van der Waals surface area (Å²) in [5, 5.41) is 13.6. The van der Waals surface area contributed by atoms with Crippen LogP contribution in [0.1, 0.15) is 21.8 Å². The number of thiazole rings is 1. The molecule has 0 bridgehead atoms. The summed E-state index contributed by atoms with van der Waals surface area (Å²) < 4.78 is 1.20. The summed E-state index contributed by atoms with van der Waals surface area (Å²) in [4.78, 5) is 16.8.